The Kier molecular flexibility index (Phi) is 4.75. The molecular formula is C17H35N2O2+. The average molecular weight is 299 g/mol. The van der Waals surface area contributed by atoms with E-state index in [4.69, 9.17) is 4.84 Å². The molecule has 2 fully saturated rings. The Morgan fingerprint density at radius 2 is 1.67 bits per heavy atom. The molecule has 2 saturated heterocycles. The number of nitrogens with zero attached hydrogens (tertiary/aromatic N) is 2. The molecule has 0 aromatic carbocycles. The minimum atomic E-state index is -0.0893. The maximum atomic E-state index is 9.92. The van der Waals surface area contributed by atoms with Gasteiger partial charge in [-0.1, -0.05) is 13.3 Å². The Labute approximate surface area is 130 Å². The second-order valence-electron chi connectivity index (χ2n) is 8.48. The van der Waals surface area contributed by atoms with Crippen molar-refractivity contribution in [2.75, 3.05) is 26.7 Å². The first-order valence-electron chi connectivity index (χ1n) is 8.55. The summed E-state index contributed by atoms with van der Waals surface area (Å²) in [5.74, 6) is 0. The summed E-state index contributed by atoms with van der Waals surface area (Å²) in [5.41, 5.74) is 0.0817. The zero-order chi connectivity index (χ0) is 15.9. The van der Waals surface area contributed by atoms with Crippen LogP contribution in [0.1, 0.15) is 60.3 Å². The SMILES string of the molecule is CCCC[N+]1(C2CC(C)(C)N(OC)C(C)(C)C2)CC(O)C1. The number of quaternary nitrogens is 1. The lowest BCUT2D eigenvalue weighted by atomic mass is 9.76. The summed E-state index contributed by atoms with van der Waals surface area (Å²) >= 11 is 0. The van der Waals surface area contributed by atoms with Crippen LogP contribution >= 0.6 is 0 Å². The molecule has 2 heterocycles. The molecule has 0 saturated carbocycles. The largest absolute Gasteiger partial charge is 0.382 e. The third kappa shape index (κ3) is 3.14. The fraction of sp³-hybridized carbons (Fsp3) is 1.00. The standard InChI is InChI=1S/C17H35N2O2/c1-7-8-9-19(12-15(20)13-19)14-10-16(2,3)18(21-6)17(4,5)11-14/h14-15,20H,7-13H2,1-6H3/q+1. The smallest absolute Gasteiger partial charge is 0.152 e. The average Bonchev–Trinajstić information content (AvgIpc) is 2.30. The van der Waals surface area contributed by atoms with E-state index in [1.165, 1.54) is 19.4 Å². The number of aliphatic hydroxyl groups is 1. The Morgan fingerprint density at radius 3 is 2.05 bits per heavy atom. The number of aliphatic hydroxyl groups excluding tert-OH is 1. The molecule has 0 amide bonds. The molecule has 21 heavy (non-hydrogen) atoms. The van der Waals surface area contributed by atoms with Gasteiger partial charge in [0.25, 0.3) is 0 Å². The highest BCUT2D eigenvalue weighted by Crippen LogP contribution is 2.44. The van der Waals surface area contributed by atoms with E-state index in [1.54, 1.807) is 7.11 Å². The fourth-order valence-corrected chi connectivity index (χ4v) is 5.01. The van der Waals surface area contributed by atoms with Crippen LogP contribution in [0.3, 0.4) is 0 Å². The lowest BCUT2D eigenvalue weighted by Gasteiger charge is -2.61. The third-order valence-corrected chi connectivity index (χ3v) is 5.63. The highest BCUT2D eigenvalue weighted by atomic mass is 16.7. The molecule has 0 radical (unpaired) electrons. The van der Waals surface area contributed by atoms with Crippen LogP contribution in [-0.2, 0) is 4.84 Å². The van der Waals surface area contributed by atoms with E-state index in [1.807, 2.05) is 0 Å². The minimum absolute atomic E-state index is 0.0408. The van der Waals surface area contributed by atoms with Crippen LogP contribution < -0.4 is 0 Å². The monoisotopic (exact) mass is 299 g/mol. The van der Waals surface area contributed by atoms with E-state index in [0.29, 0.717) is 6.04 Å². The van der Waals surface area contributed by atoms with Gasteiger partial charge in [0.05, 0.1) is 19.7 Å². The van der Waals surface area contributed by atoms with E-state index in [0.717, 1.165) is 30.4 Å². The molecule has 0 bridgehead atoms. The molecule has 0 unspecified atom stereocenters. The Morgan fingerprint density at radius 1 is 1.14 bits per heavy atom. The second kappa shape index (κ2) is 5.80. The second-order valence-corrected chi connectivity index (χ2v) is 8.48. The zero-order valence-corrected chi connectivity index (χ0v) is 14.9. The maximum absolute atomic E-state index is 9.92. The molecular weight excluding hydrogens is 264 g/mol. The van der Waals surface area contributed by atoms with Gasteiger partial charge in [-0.25, -0.2) is 0 Å². The Bertz CT molecular complexity index is 344. The van der Waals surface area contributed by atoms with Crippen molar-refractivity contribution in [1.82, 2.24) is 5.06 Å². The summed E-state index contributed by atoms with van der Waals surface area (Å²) in [4.78, 5) is 5.71. The first kappa shape index (κ1) is 17.2. The van der Waals surface area contributed by atoms with Crippen molar-refractivity contribution in [2.24, 2.45) is 0 Å². The number of likely N-dealkylation sites (tertiary alicyclic amines) is 1. The highest BCUT2D eigenvalue weighted by molar-refractivity contribution is 4.98. The zero-order valence-electron chi connectivity index (χ0n) is 14.9. The number of hydrogen-bond donors (Lipinski definition) is 1. The van der Waals surface area contributed by atoms with Crippen LogP contribution in [0.5, 0.6) is 0 Å². The van der Waals surface area contributed by atoms with Crippen molar-refractivity contribution in [3.63, 3.8) is 0 Å². The Balaban J connectivity index is 2.19. The van der Waals surface area contributed by atoms with Crippen LogP contribution in [0, 0.1) is 0 Å². The van der Waals surface area contributed by atoms with E-state index in [2.05, 4.69) is 39.7 Å². The van der Waals surface area contributed by atoms with Crippen LogP contribution in [0.2, 0.25) is 0 Å². The summed E-state index contributed by atoms with van der Waals surface area (Å²) in [5, 5.41) is 12.1. The summed E-state index contributed by atoms with van der Waals surface area (Å²) in [6.45, 7) is 14.5. The lowest BCUT2D eigenvalue weighted by Crippen LogP contribution is -2.75. The Hall–Kier alpha value is -0.160. The van der Waals surface area contributed by atoms with Gasteiger partial charge in [-0.05, 0) is 34.1 Å². The van der Waals surface area contributed by atoms with E-state index < -0.39 is 0 Å². The van der Waals surface area contributed by atoms with Gasteiger partial charge in [0.15, 0.2) is 6.10 Å². The fourth-order valence-electron chi connectivity index (χ4n) is 5.01. The normalized spacial score (nSPS) is 36.4. The quantitative estimate of drug-likeness (QED) is 0.792. The molecule has 0 spiro atoms. The molecule has 4 heteroatoms. The molecule has 4 nitrogen and oxygen atoms in total. The molecule has 0 atom stereocenters. The van der Waals surface area contributed by atoms with Crippen molar-refractivity contribution in [3.05, 3.63) is 0 Å². The van der Waals surface area contributed by atoms with Gasteiger partial charge >= 0.3 is 0 Å². The number of hydrogen-bond acceptors (Lipinski definition) is 3. The van der Waals surface area contributed by atoms with Gasteiger partial charge in [0.2, 0.25) is 0 Å². The molecule has 124 valence electrons. The van der Waals surface area contributed by atoms with Crippen LogP contribution in [-0.4, -0.2) is 64.6 Å². The molecule has 2 aliphatic rings. The summed E-state index contributed by atoms with van der Waals surface area (Å²) < 4.78 is 1.12. The van der Waals surface area contributed by atoms with Crippen molar-refractivity contribution >= 4 is 0 Å². The summed E-state index contributed by atoms with van der Waals surface area (Å²) in [6, 6.07) is 0.636. The van der Waals surface area contributed by atoms with E-state index in [-0.39, 0.29) is 17.2 Å². The molecule has 2 aliphatic heterocycles. The minimum Gasteiger partial charge on any atom is -0.382 e. The van der Waals surface area contributed by atoms with Crippen molar-refractivity contribution < 1.29 is 14.4 Å². The number of rotatable bonds is 5. The van der Waals surface area contributed by atoms with Crippen LogP contribution in [0.25, 0.3) is 0 Å². The number of hydroxylamine groups is 2. The molecule has 0 aliphatic carbocycles. The summed E-state index contributed by atoms with van der Waals surface area (Å²) in [6.07, 6.45) is 4.69. The predicted molar refractivity (Wildman–Crippen MR) is 85.8 cm³/mol. The number of piperidine rings is 1. The van der Waals surface area contributed by atoms with E-state index in [9.17, 15) is 5.11 Å². The van der Waals surface area contributed by atoms with Crippen molar-refractivity contribution in [1.29, 1.82) is 0 Å². The van der Waals surface area contributed by atoms with Gasteiger partial charge in [-0.2, -0.15) is 5.06 Å². The van der Waals surface area contributed by atoms with Crippen molar-refractivity contribution in [3.8, 4) is 0 Å². The predicted octanol–water partition coefficient (Wildman–Crippen LogP) is 2.56. The van der Waals surface area contributed by atoms with Gasteiger partial charge in [-0.3, -0.25) is 0 Å². The molecule has 2 rings (SSSR count). The first-order chi connectivity index (χ1) is 9.67. The molecule has 0 aromatic heterocycles. The highest BCUT2D eigenvalue weighted by Gasteiger charge is 2.56. The molecule has 1 N–H and O–H groups in total. The third-order valence-electron chi connectivity index (χ3n) is 5.63. The van der Waals surface area contributed by atoms with E-state index >= 15 is 0 Å². The van der Waals surface area contributed by atoms with Crippen molar-refractivity contribution in [2.45, 2.75) is 83.5 Å². The maximum Gasteiger partial charge on any atom is 0.152 e. The lowest BCUT2D eigenvalue weighted by molar-refractivity contribution is -0.996. The topological polar surface area (TPSA) is 32.7 Å². The first-order valence-corrected chi connectivity index (χ1v) is 8.55. The van der Waals surface area contributed by atoms with Gasteiger partial charge in [-0.15, -0.1) is 0 Å². The molecule has 0 aromatic rings. The summed E-state index contributed by atoms with van der Waals surface area (Å²) in [7, 11) is 1.79. The number of unbranched alkanes of at least 4 members (excludes halogenated alkanes) is 1. The van der Waals surface area contributed by atoms with Crippen LogP contribution in [0.4, 0.5) is 0 Å². The van der Waals surface area contributed by atoms with Crippen LogP contribution in [0.15, 0.2) is 0 Å². The van der Waals surface area contributed by atoms with Gasteiger partial charge < -0.3 is 14.4 Å². The van der Waals surface area contributed by atoms with Gasteiger partial charge in [0, 0.05) is 23.9 Å². The van der Waals surface area contributed by atoms with Gasteiger partial charge in [0.1, 0.15) is 13.1 Å².